The number of nitrogens with zero attached hydrogens (tertiary/aromatic N) is 2. The Balaban J connectivity index is 1.31. The molecule has 11 heteroatoms. The lowest BCUT2D eigenvalue weighted by Crippen LogP contribution is -2.34. The van der Waals surface area contributed by atoms with Gasteiger partial charge in [-0.15, -0.1) is 0 Å². The first-order valence-corrected chi connectivity index (χ1v) is 15.2. The van der Waals surface area contributed by atoms with Crippen molar-refractivity contribution < 1.29 is 24.2 Å². The van der Waals surface area contributed by atoms with E-state index in [1.807, 2.05) is 49.0 Å². The molecule has 1 aliphatic heterocycles. The Hall–Kier alpha value is -5.13. The van der Waals surface area contributed by atoms with E-state index in [-0.39, 0.29) is 30.4 Å². The third-order valence-corrected chi connectivity index (χ3v) is 7.99. The Labute approximate surface area is 267 Å². The first kappa shape index (κ1) is 32.3. The first-order chi connectivity index (χ1) is 22.3. The van der Waals surface area contributed by atoms with E-state index in [2.05, 4.69) is 10.6 Å². The summed E-state index contributed by atoms with van der Waals surface area (Å²) in [6, 6.07) is 23.3. The van der Waals surface area contributed by atoms with Crippen LogP contribution in [0.5, 0.6) is 0 Å². The summed E-state index contributed by atoms with van der Waals surface area (Å²) in [6.07, 6.45) is 2.49. The van der Waals surface area contributed by atoms with Crippen LogP contribution in [0.25, 0.3) is 5.69 Å². The van der Waals surface area contributed by atoms with Crippen molar-refractivity contribution >= 4 is 23.2 Å². The maximum absolute atomic E-state index is 13.8. The van der Waals surface area contributed by atoms with Gasteiger partial charge in [0.2, 0.25) is 6.29 Å². The van der Waals surface area contributed by atoms with Gasteiger partial charge in [-0.05, 0) is 67.8 Å². The van der Waals surface area contributed by atoms with Gasteiger partial charge in [0.25, 0.3) is 17.4 Å². The molecule has 5 rings (SSSR count). The third kappa shape index (κ3) is 7.39. The summed E-state index contributed by atoms with van der Waals surface area (Å²) in [5.74, 6) is -1.12. The highest BCUT2D eigenvalue weighted by molar-refractivity contribution is 6.05. The van der Waals surface area contributed by atoms with Crippen molar-refractivity contribution in [2.24, 2.45) is 7.05 Å². The molecule has 1 aromatic heterocycles. The van der Waals surface area contributed by atoms with Gasteiger partial charge < -0.3 is 30.9 Å². The highest BCUT2D eigenvalue weighted by Gasteiger charge is 2.33. The van der Waals surface area contributed by atoms with Gasteiger partial charge in [-0.2, -0.15) is 0 Å². The Bertz CT molecular complexity index is 1760. The number of ether oxygens (including phenoxy) is 2. The van der Waals surface area contributed by atoms with Crippen molar-refractivity contribution in [3.05, 3.63) is 123 Å². The standard InChI is InChI=1S/C35H39N5O6/c1-23-32(35(44)40(39(23)2)27-10-4-3-5-11-27)26-20-30(46-31(21-26)45-19-9-8-18-41)34(43)37-22-24-14-16-25(17-15-24)33(42)38-29-13-7-6-12-28(29)36/h3-7,10-17,20,26,31,41H,8-9,18-19,21-22,36H2,1-2H3,(H,37,43)(H,38,42). The van der Waals surface area contributed by atoms with Crippen molar-refractivity contribution in [1.29, 1.82) is 0 Å². The quantitative estimate of drug-likeness (QED) is 0.137. The molecule has 0 bridgehead atoms. The summed E-state index contributed by atoms with van der Waals surface area (Å²) < 4.78 is 15.3. The minimum Gasteiger partial charge on any atom is -0.459 e. The van der Waals surface area contributed by atoms with Crippen LogP contribution < -0.4 is 21.9 Å². The molecule has 1 aliphatic rings. The number of unbranched alkanes of at least 4 members (excludes halogenated alkanes) is 1. The predicted molar refractivity (Wildman–Crippen MR) is 175 cm³/mol. The topological polar surface area (TPSA) is 150 Å². The zero-order valence-electron chi connectivity index (χ0n) is 25.9. The van der Waals surface area contributed by atoms with E-state index in [0.717, 1.165) is 16.9 Å². The monoisotopic (exact) mass is 625 g/mol. The van der Waals surface area contributed by atoms with Crippen LogP contribution in [-0.4, -0.2) is 45.8 Å². The maximum Gasteiger partial charge on any atom is 0.286 e. The molecular weight excluding hydrogens is 586 g/mol. The summed E-state index contributed by atoms with van der Waals surface area (Å²) in [4.78, 5) is 39.8. The molecule has 0 saturated carbocycles. The molecule has 5 N–H and O–H groups in total. The van der Waals surface area contributed by atoms with Crippen LogP contribution in [0.1, 0.15) is 52.4 Å². The molecule has 2 unspecified atom stereocenters. The molecule has 0 saturated heterocycles. The van der Waals surface area contributed by atoms with Crippen LogP contribution in [0.15, 0.2) is 95.5 Å². The van der Waals surface area contributed by atoms with Crippen molar-refractivity contribution in [1.82, 2.24) is 14.7 Å². The Morgan fingerprint density at radius 3 is 2.43 bits per heavy atom. The van der Waals surface area contributed by atoms with E-state index in [4.69, 9.17) is 20.3 Å². The molecule has 3 aromatic carbocycles. The predicted octanol–water partition coefficient (Wildman–Crippen LogP) is 4.14. The molecule has 2 heterocycles. The number of hydrogen-bond donors (Lipinski definition) is 4. The summed E-state index contributed by atoms with van der Waals surface area (Å²) in [5, 5.41) is 14.8. The number of benzene rings is 3. The van der Waals surface area contributed by atoms with Gasteiger partial charge in [-0.3, -0.25) is 19.1 Å². The van der Waals surface area contributed by atoms with Gasteiger partial charge in [-0.25, -0.2) is 4.68 Å². The minimum atomic E-state index is -0.755. The molecule has 240 valence electrons. The second kappa shape index (κ2) is 14.8. The van der Waals surface area contributed by atoms with Crippen molar-refractivity contribution in [2.45, 2.75) is 44.9 Å². The number of carbonyl (C=O) groups is 2. The molecular formula is C35H39N5O6. The van der Waals surface area contributed by atoms with E-state index in [1.165, 1.54) is 0 Å². The minimum absolute atomic E-state index is 0.0562. The van der Waals surface area contributed by atoms with E-state index >= 15 is 0 Å². The maximum atomic E-state index is 13.8. The van der Waals surface area contributed by atoms with E-state index in [9.17, 15) is 14.4 Å². The van der Waals surface area contributed by atoms with Crippen LogP contribution in [0.3, 0.4) is 0 Å². The highest BCUT2D eigenvalue weighted by Crippen LogP contribution is 2.32. The number of aliphatic hydroxyl groups excluding tert-OH is 1. The average molecular weight is 626 g/mol. The number of nitrogens with one attached hydrogen (secondary N) is 2. The van der Waals surface area contributed by atoms with Gasteiger partial charge in [0, 0.05) is 49.4 Å². The molecule has 2 atom stereocenters. The fourth-order valence-corrected chi connectivity index (χ4v) is 5.41. The van der Waals surface area contributed by atoms with Crippen molar-refractivity contribution in [3.63, 3.8) is 0 Å². The number of amides is 2. The molecule has 2 amide bonds. The Morgan fingerprint density at radius 2 is 1.72 bits per heavy atom. The summed E-state index contributed by atoms with van der Waals surface area (Å²) >= 11 is 0. The number of aliphatic hydroxyl groups is 1. The second-order valence-electron chi connectivity index (χ2n) is 11.1. The van der Waals surface area contributed by atoms with Gasteiger partial charge >= 0.3 is 0 Å². The second-order valence-corrected chi connectivity index (χ2v) is 11.1. The Kier molecular flexibility index (Phi) is 10.4. The number of nitrogen functional groups attached to an aromatic ring is 1. The SMILES string of the molecule is Cc1c(C2C=C(C(=O)NCc3ccc(C(=O)Nc4ccccc4N)cc3)OC(OCCCCO)C2)c(=O)n(-c2ccccc2)n1C. The molecule has 4 aromatic rings. The smallest absolute Gasteiger partial charge is 0.286 e. The van der Waals surface area contributed by atoms with Crippen LogP contribution in [0.2, 0.25) is 0 Å². The summed E-state index contributed by atoms with van der Waals surface area (Å²) in [6.45, 7) is 2.46. The van der Waals surface area contributed by atoms with Crippen molar-refractivity contribution in [3.8, 4) is 5.69 Å². The van der Waals surface area contributed by atoms with Crippen molar-refractivity contribution in [2.75, 3.05) is 24.3 Å². The largest absolute Gasteiger partial charge is 0.459 e. The summed E-state index contributed by atoms with van der Waals surface area (Å²) in [7, 11) is 1.83. The van der Waals surface area contributed by atoms with Crippen LogP contribution >= 0.6 is 0 Å². The zero-order chi connectivity index (χ0) is 32.6. The first-order valence-electron chi connectivity index (χ1n) is 15.2. The summed E-state index contributed by atoms with van der Waals surface area (Å²) in [5.41, 5.74) is 10.1. The third-order valence-electron chi connectivity index (χ3n) is 7.99. The van der Waals surface area contributed by atoms with Gasteiger partial charge in [0.15, 0.2) is 5.76 Å². The molecule has 0 aliphatic carbocycles. The lowest BCUT2D eigenvalue weighted by molar-refractivity contribution is -0.146. The number of allylic oxidation sites excluding steroid dienone is 1. The fraction of sp³-hybridized carbons (Fsp3) is 0.286. The molecule has 0 spiro atoms. The molecule has 46 heavy (non-hydrogen) atoms. The lowest BCUT2D eigenvalue weighted by Gasteiger charge is -2.29. The van der Waals surface area contributed by atoms with Crippen LogP contribution in [-0.2, 0) is 27.9 Å². The van der Waals surface area contributed by atoms with Gasteiger partial charge in [-0.1, -0.05) is 42.5 Å². The van der Waals surface area contributed by atoms with Gasteiger partial charge in [0.1, 0.15) is 0 Å². The average Bonchev–Trinajstić information content (AvgIpc) is 3.30. The Morgan fingerprint density at radius 1 is 1.00 bits per heavy atom. The molecule has 0 radical (unpaired) electrons. The van der Waals surface area contributed by atoms with E-state index in [0.29, 0.717) is 48.4 Å². The van der Waals surface area contributed by atoms with E-state index < -0.39 is 18.1 Å². The number of nitrogens with two attached hydrogens (primary N) is 1. The molecule has 11 nitrogen and oxygen atoms in total. The highest BCUT2D eigenvalue weighted by atomic mass is 16.7. The number of rotatable bonds is 12. The van der Waals surface area contributed by atoms with E-state index in [1.54, 1.807) is 59.3 Å². The normalized spacial score (nSPS) is 15.9. The fourth-order valence-electron chi connectivity index (χ4n) is 5.41. The van der Waals surface area contributed by atoms with Gasteiger partial charge in [0.05, 0.1) is 23.7 Å². The van der Waals surface area contributed by atoms with Crippen LogP contribution in [0, 0.1) is 6.92 Å². The molecule has 0 fully saturated rings. The number of anilines is 2. The number of aromatic nitrogens is 2. The number of para-hydroxylation sites is 3. The zero-order valence-corrected chi connectivity index (χ0v) is 25.9. The number of hydrogen-bond acceptors (Lipinski definition) is 7. The number of carbonyl (C=O) groups excluding carboxylic acids is 2. The lowest BCUT2D eigenvalue weighted by atomic mass is 9.93. The van der Waals surface area contributed by atoms with Crippen LogP contribution in [0.4, 0.5) is 11.4 Å².